The molecule has 0 bridgehead atoms. The molecule has 0 amide bonds. The number of hydrogen-bond donors (Lipinski definition) is 0. The van der Waals surface area contributed by atoms with Crippen LogP contribution in [-0.4, -0.2) is 19.9 Å². The van der Waals surface area contributed by atoms with Gasteiger partial charge >= 0.3 is 0 Å². The fourth-order valence-electron chi connectivity index (χ4n) is 4.99. The van der Waals surface area contributed by atoms with Gasteiger partial charge in [-0.1, -0.05) is 18.2 Å². The second kappa shape index (κ2) is 13.0. The monoisotopic (exact) mass is 450 g/mol. The first kappa shape index (κ1) is 24.7. The van der Waals surface area contributed by atoms with Crippen LogP contribution in [0.25, 0.3) is 0 Å². The van der Waals surface area contributed by atoms with E-state index in [4.69, 9.17) is 9.47 Å². The highest BCUT2D eigenvalue weighted by atomic mass is 19.2. The van der Waals surface area contributed by atoms with Gasteiger partial charge in [0.1, 0.15) is 6.61 Å². The molecule has 2 nitrogen and oxygen atoms in total. The van der Waals surface area contributed by atoms with E-state index in [0.717, 1.165) is 38.0 Å². The van der Waals surface area contributed by atoms with Crippen molar-refractivity contribution >= 4 is 0 Å². The summed E-state index contributed by atoms with van der Waals surface area (Å²) >= 11 is 0. The van der Waals surface area contributed by atoms with Gasteiger partial charge in [0.25, 0.3) is 0 Å². The predicted octanol–water partition coefficient (Wildman–Crippen LogP) is 7.97. The summed E-state index contributed by atoms with van der Waals surface area (Å²) < 4.78 is 51.0. The largest absolute Gasteiger partial charge is 0.491 e. The SMILES string of the molecule is CCOc1ccc(OCC2=CCC(C3CCC(C=CCCCCF)CC3)CC2)c(F)c1F. The molecule has 1 unspecified atom stereocenters. The Labute approximate surface area is 190 Å². The molecule has 1 fully saturated rings. The third kappa shape index (κ3) is 7.05. The van der Waals surface area contributed by atoms with Gasteiger partial charge in [-0.2, -0.15) is 8.78 Å². The molecule has 5 heteroatoms. The number of benzene rings is 1. The summed E-state index contributed by atoms with van der Waals surface area (Å²) in [4.78, 5) is 0. The molecule has 0 aromatic heterocycles. The molecular weight excluding hydrogens is 413 g/mol. The molecule has 0 radical (unpaired) electrons. The van der Waals surface area contributed by atoms with E-state index in [2.05, 4.69) is 18.2 Å². The number of rotatable bonds is 11. The van der Waals surface area contributed by atoms with Crippen LogP contribution in [-0.2, 0) is 0 Å². The lowest BCUT2D eigenvalue weighted by molar-refractivity contribution is 0.206. The average Bonchev–Trinajstić information content (AvgIpc) is 2.82. The summed E-state index contributed by atoms with van der Waals surface area (Å²) in [6.45, 7) is 2.10. The molecule has 1 aromatic rings. The smallest absolute Gasteiger partial charge is 0.204 e. The van der Waals surface area contributed by atoms with E-state index < -0.39 is 11.6 Å². The van der Waals surface area contributed by atoms with Crippen molar-refractivity contribution in [2.24, 2.45) is 17.8 Å². The lowest BCUT2D eigenvalue weighted by Gasteiger charge is -2.34. The minimum absolute atomic E-state index is 0.0648. The first-order chi connectivity index (χ1) is 15.6. The van der Waals surface area contributed by atoms with Gasteiger partial charge in [-0.25, -0.2) is 0 Å². The highest BCUT2D eigenvalue weighted by Gasteiger charge is 2.28. The second-order valence-corrected chi connectivity index (χ2v) is 9.10. The Bertz CT molecular complexity index is 766. The molecule has 0 saturated heterocycles. The van der Waals surface area contributed by atoms with Crippen molar-refractivity contribution in [3.63, 3.8) is 0 Å². The predicted molar refractivity (Wildman–Crippen MR) is 123 cm³/mol. The molecule has 2 aliphatic carbocycles. The molecule has 32 heavy (non-hydrogen) atoms. The molecule has 3 rings (SSSR count). The molecular formula is C27H37F3O2. The van der Waals surface area contributed by atoms with E-state index >= 15 is 0 Å². The van der Waals surface area contributed by atoms with E-state index in [1.54, 1.807) is 6.92 Å². The number of alkyl halides is 1. The van der Waals surface area contributed by atoms with Gasteiger partial charge < -0.3 is 9.47 Å². The highest BCUT2D eigenvalue weighted by molar-refractivity contribution is 5.35. The van der Waals surface area contributed by atoms with Crippen molar-refractivity contribution in [3.8, 4) is 11.5 Å². The Kier molecular flexibility index (Phi) is 10.0. The van der Waals surface area contributed by atoms with Gasteiger partial charge in [-0.3, -0.25) is 4.39 Å². The zero-order valence-corrected chi connectivity index (χ0v) is 19.3. The van der Waals surface area contributed by atoms with Crippen molar-refractivity contribution in [1.82, 2.24) is 0 Å². The van der Waals surface area contributed by atoms with Gasteiger partial charge in [0.15, 0.2) is 11.5 Å². The fraction of sp³-hybridized carbons (Fsp3) is 0.630. The molecule has 2 aliphatic rings. The van der Waals surface area contributed by atoms with E-state index in [1.807, 2.05) is 0 Å². The van der Waals surface area contributed by atoms with Crippen LogP contribution in [0.5, 0.6) is 11.5 Å². The molecule has 1 atom stereocenters. The van der Waals surface area contributed by atoms with Gasteiger partial charge in [0.2, 0.25) is 11.6 Å². The fourth-order valence-corrected chi connectivity index (χ4v) is 4.99. The summed E-state index contributed by atoms with van der Waals surface area (Å²) in [7, 11) is 0. The molecule has 178 valence electrons. The Morgan fingerprint density at radius 1 is 0.938 bits per heavy atom. The normalized spacial score (nSPS) is 23.9. The maximum Gasteiger partial charge on any atom is 0.204 e. The van der Waals surface area contributed by atoms with Crippen molar-refractivity contribution in [3.05, 3.63) is 47.6 Å². The van der Waals surface area contributed by atoms with Gasteiger partial charge in [-0.15, -0.1) is 0 Å². The second-order valence-electron chi connectivity index (χ2n) is 9.10. The first-order valence-corrected chi connectivity index (χ1v) is 12.3. The number of halogens is 3. The highest BCUT2D eigenvalue weighted by Crippen LogP contribution is 2.40. The number of allylic oxidation sites excluding steroid dienone is 3. The van der Waals surface area contributed by atoms with Gasteiger partial charge in [0, 0.05) is 0 Å². The zero-order chi connectivity index (χ0) is 22.8. The average molecular weight is 451 g/mol. The Morgan fingerprint density at radius 2 is 1.66 bits per heavy atom. The zero-order valence-electron chi connectivity index (χ0n) is 19.3. The van der Waals surface area contributed by atoms with Crippen molar-refractivity contribution in [1.29, 1.82) is 0 Å². The Balaban J connectivity index is 1.40. The van der Waals surface area contributed by atoms with Crippen molar-refractivity contribution < 1.29 is 22.6 Å². The minimum Gasteiger partial charge on any atom is -0.491 e. The number of unbranched alkanes of at least 4 members (excludes halogenated alkanes) is 2. The third-order valence-corrected chi connectivity index (χ3v) is 6.92. The van der Waals surface area contributed by atoms with Crippen LogP contribution in [0.2, 0.25) is 0 Å². The Hall–Kier alpha value is -1.91. The number of hydrogen-bond acceptors (Lipinski definition) is 2. The summed E-state index contributed by atoms with van der Waals surface area (Å²) in [5, 5.41) is 0. The maximum atomic E-state index is 14.2. The standard InChI is InChI=1S/C27H37F3O2/c1-2-31-24-16-17-25(27(30)26(24)29)32-19-21-10-14-23(15-11-21)22-12-8-20(9-13-22)7-5-3-4-6-18-28/h5,7,10,16-17,20,22-23H,2-4,6,8-9,11-15,18-19H2,1H3. The van der Waals surface area contributed by atoms with E-state index in [9.17, 15) is 13.2 Å². The molecule has 0 N–H and O–H groups in total. The van der Waals surface area contributed by atoms with Gasteiger partial charge in [0.05, 0.1) is 13.3 Å². The summed E-state index contributed by atoms with van der Waals surface area (Å²) in [5.41, 5.74) is 1.17. The summed E-state index contributed by atoms with van der Waals surface area (Å²) in [6, 6.07) is 2.85. The van der Waals surface area contributed by atoms with Crippen LogP contribution in [0.15, 0.2) is 35.9 Å². The third-order valence-electron chi connectivity index (χ3n) is 6.92. The van der Waals surface area contributed by atoms with Crippen LogP contribution < -0.4 is 9.47 Å². The van der Waals surface area contributed by atoms with Gasteiger partial charge in [-0.05, 0) is 107 Å². The molecule has 1 aromatic carbocycles. The van der Waals surface area contributed by atoms with Crippen LogP contribution in [0.4, 0.5) is 13.2 Å². The van der Waals surface area contributed by atoms with Crippen molar-refractivity contribution in [2.45, 2.75) is 71.1 Å². The van der Waals surface area contributed by atoms with Crippen LogP contribution in [0.1, 0.15) is 71.1 Å². The lowest BCUT2D eigenvalue weighted by atomic mass is 9.71. The number of ether oxygens (including phenoxy) is 2. The van der Waals surface area contributed by atoms with E-state index in [1.165, 1.54) is 43.4 Å². The van der Waals surface area contributed by atoms with Crippen LogP contribution in [0.3, 0.4) is 0 Å². The molecule has 1 saturated carbocycles. The molecule has 0 aliphatic heterocycles. The summed E-state index contributed by atoms with van der Waals surface area (Å²) in [5.74, 6) is 0.0504. The van der Waals surface area contributed by atoms with Crippen LogP contribution in [0, 0.1) is 29.4 Å². The first-order valence-electron chi connectivity index (χ1n) is 12.3. The van der Waals surface area contributed by atoms with Crippen LogP contribution >= 0.6 is 0 Å². The minimum atomic E-state index is -0.993. The lowest BCUT2D eigenvalue weighted by Crippen LogP contribution is -2.23. The maximum absolute atomic E-state index is 14.2. The van der Waals surface area contributed by atoms with E-state index in [-0.39, 0.29) is 24.8 Å². The van der Waals surface area contributed by atoms with Crippen molar-refractivity contribution in [2.75, 3.05) is 19.9 Å². The Morgan fingerprint density at radius 3 is 2.28 bits per heavy atom. The van der Waals surface area contributed by atoms with E-state index in [0.29, 0.717) is 24.9 Å². The quantitative estimate of drug-likeness (QED) is 0.251. The topological polar surface area (TPSA) is 18.5 Å². The summed E-state index contributed by atoms with van der Waals surface area (Å²) in [6.07, 6.45) is 17.7. The molecule has 0 spiro atoms. The molecule has 0 heterocycles.